The van der Waals surface area contributed by atoms with Gasteiger partial charge in [-0.3, -0.25) is 0 Å². The van der Waals surface area contributed by atoms with Crippen LogP contribution in [0.4, 0.5) is 4.39 Å². The van der Waals surface area contributed by atoms with Gasteiger partial charge in [0.2, 0.25) is 0 Å². The van der Waals surface area contributed by atoms with Gasteiger partial charge in [-0.1, -0.05) is 51.8 Å². The molecule has 3 aromatic rings. The fourth-order valence-corrected chi connectivity index (χ4v) is 3.90. The topological polar surface area (TPSA) is 39.7 Å². The van der Waals surface area contributed by atoms with E-state index in [1.165, 1.54) is 6.07 Å². The van der Waals surface area contributed by atoms with Crippen LogP contribution in [0.5, 0.6) is 17.2 Å². The molecule has 0 spiro atoms. The molecular weight excluding hydrogens is 485 g/mol. The molecule has 0 aliphatic carbocycles. The minimum Gasteiger partial charge on any atom is -0.496 e. The molecule has 0 aromatic heterocycles. The monoisotopic (exact) mass is 507 g/mol. The van der Waals surface area contributed by atoms with Crippen molar-refractivity contribution in [3.05, 3.63) is 86.6 Å². The molecule has 3 rings (SSSR count). The number of ether oxygens (including phenoxy) is 3. The molecule has 0 saturated carbocycles. The molecule has 0 radical (unpaired) electrons. The van der Waals surface area contributed by atoms with Crippen molar-refractivity contribution in [1.29, 1.82) is 0 Å². The minimum absolute atomic E-state index is 0.00741. The second-order valence-electron chi connectivity index (χ2n) is 6.78. The third kappa shape index (κ3) is 5.91. The first kappa shape index (κ1) is 23.4. The first-order chi connectivity index (χ1) is 15.0. The average molecular weight is 509 g/mol. The van der Waals surface area contributed by atoms with Gasteiger partial charge in [-0.2, -0.15) is 0 Å². The van der Waals surface area contributed by atoms with Gasteiger partial charge < -0.3 is 19.5 Å². The van der Waals surface area contributed by atoms with Gasteiger partial charge in [0.15, 0.2) is 11.5 Å². The molecule has 0 aliphatic heterocycles. The maximum Gasteiger partial charge on any atom is 0.167 e. The average Bonchev–Trinajstić information content (AvgIpc) is 2.78. The fraction of sp³-hybridized carbons (Fsp3) is 0.250. The summed E-state index contributed by atoms with van der Waals surface area (Å²) in [5.41, 5.74) is 2.32. The highest BCUT2D eigenvalue weighted by molar-refractivity contribution is 9.10. The number of hydrogen-bond acceptors (Lipinski definition) is 4. The van der Waals surface area contributed by atoms with Gasteiger partial charge in [0.25, 0.3) is 0 Å². The third-order valence-electron chi connectivity index (χ3n) is 4.88. The van der Waals surface area contributed by atoms with Crippen LogP contribution in [-0.4, -0.2) is 20.8 Å². The van der Waals surface area contributed by atoms with Crippen molar-refractivity contribution in [3.8, 4) is 17.2 Å². The predicted molar refractivity (Wildman–Crippen MR) is 125 cm³/mol. The molecule has 164 valence electrons. The summed E-state index contributed by atoms with van der Waals surface area (Å²) in [7, 11) is 3.25. The molecule has 0 fully saturated rings. The van der Waals surface area contributed by atoms with Crippen LogP contribution < -0.4 is 19.5 Å². The van der Waals surface area contributed by atoms with Crippen molar-refractivity contribution in [2.75, 3.05) is 20.8 Å². The van der Waals surface area contributed by atoms with Gasteiger partial charge in [0, 0.05) is 22.1 Å². The van der Waals surface area contributed by atoms with Crippen molar-refractivity contribution < 1.29 is 18.6 Å². The Morgan fingerprint density at radius 1 is 0.935 bits per heavy atom. The van der Waals surface area contributed by atoms with E-state index in [0.717, 1.165) is 34.3 Å². The number of methoxy groups -OCH3 is 2. The van der Waals surface area contributed by atoms with Crippen molar-refractivity contribution in [2.45, 2.75) is 19.6 Å². The molecule has 0 heterocycles. The summed E-state index contributed by atoms with van der Waals surface area (Å²) in [4.78, 5) is 0. The highest BCUT2D eigenvalue weighted by Gasteiger charge is 2.16. The van der Waals surface area contributed by atoms with Crippen LogP contribution in [-0.2, 0) is 19.6 Å². The van der Waals surface area contributed by atoms with E-state index in [9.17, 15) is 4.39 Å². The molecule has 7 heteroatoms. The van der Waals surface area contributed by atoms with Gasteiger partial charge >= 0.3 is 0 Å². The number of halogens is 3. The van der Waals surface area contributed by atoms with E-state index in [0.29, 0.717) is 28.6 Å². The minimum atomic E-state index is -0.405. The van der Waals surface area contributed by atoms with E-state index in [-0.39, 0.29) is 6.61 Å². The molecule has 0 saturated heterocycles. The highest BCUT2D eigenvalue weighted by atomic mass is 79.9. The SMILES string of the molecule is COc1ccccc1CCNCc1c(Br)ccc(OC)c1OCc1c(F)cccc1Cl. The van der Waals surface area contributed by atoms with E-state index < -0.39 is 5.82 Å². The highest BCUT2D eigenvalue weighted by Crippen LogP contribution is 2.37. The standard InChI is InChI=1S/C24H24BrClFNO3/c1-29-22-9-4-3-6-16(22)12-13-28-14-17-19(25)10-11-23(30-2)24(17)31-15-18-20(26)7-5-8-21(18)27/h3-11,28H,12-15H2,1-2H3. The zero-order valence-corrected chi connectivity index (χ0v) is 19.7. The van der Waals surface area contributed by atoms with Crippen LogP contribution in [0.1, 0.15) is 16.7 Å². The molecule has 0 aliphatic rings. The van der Waals surface area contributed by atoms with Crippen molar-refractivity contribution >= 4 is 27.5 Å². The maximum atomic E-state index is 14.2. The quantitative estimate of drug-likeness (QED) is 0.333. The molecule has 0 bridgehead atoms. The second-order valence-corrected chi connectivity index (χ2v) is 8.05. The fourth-order valence-electron chi connectivity index (χ4n) is 3.23. The number of benzene rings is 3. The van der Waals surface area contributed by atoms with Crippen LogP contribution in [0.2, 0.25) is 5.02 Å². The van der Waals surface area contributed by atoms with Gasteiger partial charge in [-0.05, 0) is 48.9 Å². The van der Waals surface area contributed by atoms with Gasteiger partial charge in [-0.25, -0.2) is 4.39 Å². The normalized spacial score (nSPS) is 10.7. The van der Waals surface area contributed by atoms with E-state index >= 15 is 0 Å². The van der Waals surface area contributed by atoms with Crippen LogP contribution in [0.3, 0.4) is 0 Å². The van der Waals surface area contributed by atoms with Crippen LogP contribution >= 0.6 is 27.5 Å². The number of para-hydroxylation sites is 1. The Labute approximate surface area is 195 Å². The van der Waals surface area contributed by atoms with Crippen LogP contribution in [0.25, 0.3) is 0 Å². The van der Waals surface area contributed by atoms with E-state index in [4.69, 9.17) is 25.8 Å². The van der Waals surface area contributed by atoms with Gasteiger partial charge in [-0.15, -0.1) is 0 Å². The zero-order chi connectivity index (χ0) is 22.2. The lowest BCUT2D eigenvalue weighted by atomic mass is 10.1. The second kappa shape index (κ2) is 11.4. The number of rotatable bonds is 10. The molecule has 4 nitrogen and oxygen atoms in total. The lowest BCUT2D eigenvalue weighted by Crippen LogP contribution is -2.18. The summed E-state index contributed by atoms with van der Waals surface area (Å²) < 4.78 is 31.9. The molecular formula is C24H24BrClFNO3. The maximum absolute atomic E-state index is 14.2. The van der Waals surface area contributed by atoms with Crippen molar-refractivity contribution in [2.24, 2.45) is 0 Å². The van der Waals surface area contributed by atoms with Crippen molar-refractivity contribution in [3.63, 3.8) is 0 Å². The summed E-state index contributed by atoms with van der Waals surface area (Å²) in [6, 6.07) is 16.2. The first-order valence-electron chi connectivity index (χ1n) is 9.78. The Balaban J connectivity index is 1.72. The summed E-state index contributed by atoms with van der Waals surface area (Å²) in [5, 5.41) is 3.76. The van der Waals surface area contributed by atoms with E-state index in [1.807, 2.05) is 24.3 Å². The largest absolute Gasteiger partial charge is 0.496 e. The lowest BCUT2D eigenvalue weighted by Gasteiger charge is -2.18. The summed E-state index contributed by atoms with van der Waals surface area (Å²) >= 11 is 9.73. The summed E-state index contributed by atoms with van der Waals surface area (Å²) in [5.74, 6) is 1.58. The molecule has 31 heavy (non-hydrogen) atoms. The zero-order valence-electron chi connectivity index (χ0n) is 17.4. The number of nitrogens with one attached hydrogen (secondary N) is 1. The van der Waals surface area contributed by atoms with Crippen LogP contribution in [0.15, 0.2) is 59.1 Å². The molecule has 0 unspecified atom stereocenters. The Morgan fingerprint density at radius 3 is 2.45 bits per heavy atom. The smallest absolute Gasteiger partial charge is 0.167 e. The Morgan fingerprint density at radius 2 is 1.71 bits per heavy atom. The van der Waals surface area contributed by atoms with E-state index in [1.54, 1.807) is 32.4 Å². The molecule has 0 atom stereocenters. The van der Waals surface area contributed by atoms with E-state index in [2.05, 4.69) is 27.3 Å². The molecule has 0 amide bonds. The predicted octanol–water partition coefficient (Wildman–Crippen LogP) is 6.17. The van der Waals surface area contributed by atoms with Crippen molar-refractivity contribution in [1.82, 2.24) is 5.32 Å². The van der Waals surface area contributed by atoms with Gasteiger partial charge in [0.05, 0.1) is 19.2 Å². The summed E-state index contributed by atoms with van der Waals surface area (Å²) in [6.45, 7) is 1.27. The first-order valence-corrected chi connectivity index (χ1v) is 11.0. The lowest BCUT2D eigenvalue weighted by molar-refractivity contribution is 0.276. The Kier molecular flexibility index (Phi) is 8.58. The van der Waals surface area contributed by atoms with Gasteiger partial charge in [0.1, 0.15) is 18.2 Å². The molecule has 3 aromatic carbocycles. The number of hydrogen-bond donors (Lipinski definition) is 1. The van der Waals surface area contributed by atoms with Crippen LogP contribution in [0, 0.1) is 5.82 Å². The third-order valence-corrected chi connectivity index (χ3v) is 5.97. The Hall–Kier alpha value is -2.28. The summed E-state index contributed by atoms with van der Waals surface area (Å²) in [6.07, 6.45) is 0.812. The Bertz CT molecular complexity index is 1010. The molecule has 1 N–H and O–H groups in total.